The van der Waals surface area contributed by atoms with Crippen LogP contribution in [0.4, 0.5) is 0 Å². The second-order valence-electron chi connectivity index (χ2n) is 7.31. The summed E-state index contributed by atoms with van der Waals surface area (Å²) >= 11 is 0. The van der Waals surface area contributed by atoms with E-state index in [0.29, 0.717) is 20.8 Å². The molecule has 2 atom stereocenters. The largest absolute Gasteiger partial charge is 0.309 e. The van der Waals surface area contributed by atoms with Gasteiger partial charge in [0.15, 0.2) is 17.0 Å². The summed E-state index contributed by atoms with van der Waals surface area (Å²) in [5.41, 5.74) is 0.784. The van der Waals surface area contributed by atoms with Crippen LogP contribution in [-0.4, -0.2) is 13.7 Å². The topological polar surface area (TPSA) is 51.2 Å². The van der Waals surface area contributed by atoms with Gasteiger partial charge in [0.1, 0.15) is 0 Å². The molecular formula is C24H19O3PS. The van der Waals surface area contributed by atoms with Crippen molar-refractivity contribution < 1.29 is 13.0 Å². The van der Waals surface area contributed by atoms with Gasteiger partial charge >= 0.3 is 0 Å². The zero-order chi connectivity index (χ0) is 20.1. The highest BCUT2D eigenvalue weighted by Gasteiger charge is 2.44. The second-order valence-corrected chi connectivity index (χ2v) is 12.1. The van der Waals surface area contributed by atoms with E-state index in [1.807, 2.05) is 84.9 Å². The quantitative estimate of drug-likeness (QED) is 0.610. The number of benzene rings is 3. The van der Waals surface area contributed by atoms with Gasteiger partial charge in [-0.05, 0) is 11.6 Å². The van der Waals surface area contributed by atoms with Crippen LogP contribution < -0.4 is 15.9 Å². The van der Waals surface area contributed by atoms with E-state index in [1.165, 1.54) is 0 Å². The van der Waals surface area contributed by atoms with Crippen LogP contribution in [0.1, 0.15) is 11.5 Å². The average Bonchev–Trinajstić information content (AvgIpc) is 3.01. The Kier molecular flexibility index (Phi) is 4.23. The summed E-state index contributed by atoms with van der Waals surface area (Å²) in [5.74, 6) is -0.179. The van der Waals surface area contributed by atoms with Crippen molar-refractivity contribution in [3.05, 3.63) is 109 Å². The number of allylic oxidation sites excluding steroid dienone is 3. The standard InChI is InChI=1S/C24H19O3PS/c25-28(18-9-3-1-4-10-18,19-11-5-2-6-12-19)20-15-16-22-21-13-7-8-14-23(21)29(26,27)24(22)17-20/h1-17,21,23H. The van der Waals surface area contributed by atoms with Crippen LogP contribution in [0.2, 0.25) is 0 Å². The van der Waals surface area contributed by atoms with Gasteiger partial charge < -0.3 is 4.57 Å². The summed E-state index contributed by atoms with van der Waals surface area (Å²) in [4.78, 5) is 0.299. The van der Waals surface area contributed by atoms with Gasteiger partial charge in [-0.2, -0.15) is 0 Å². The van der Waals surface area contributed by atoms with Crippen molar-refractivity contribution in [3.63, 3.8) is 0 Å². The molecule has 5 heteroatoms. The van der Waals surface area contributed by atoms with Crippen molar-refractivity contribution >= 4 is 32.9 Å². The number of rotatable bonds is 3. The fourth-order valence-electron chi connectivity index (χ4n) is 4.27. The molecule has 3 aromatic carbocycles. The molecule has 0 bridgehead atoms. The van der Waals surface area contributed by atoms with Gasteiger partial charge in [-0.3, -0.25) is 0 Å². The number of fused-ring (bicyclic) bond motifs is 3. The maximum Gasteiger partial charge on any atom is 0.186 e. The Morgan fingerprint density at radius 2 is 1.28 bits per heavy atom. The van der Waals surface area contributed by atoms with Crippen molar-refractivity contribution in [1.29, 1.82) is 0 Å². The molecule has 1 heterocycles. The lowest BCUT2D eigenvalue weighted by Gasteiger charge is -2.20. The predicted octanol–water partition coefficient (Wildman–Crippen LogP) is 3.69. The predicted molar refractivity (Wildman–Crippen MR) is 118 cm³/mol. The normalized spacial score (nSPS) is 21.5. The molecule has 0 spiro atoms. The second kappa shape index (κ2) is 6.69. The molecule has 3 nitrogen and oxygen atoms in total. The molecule has 144 valence electrons. The van der Waals surface area contributed by atoms with Crippen LogP contribution in [0.3, 0.4) is 0 Å². The molecule has 0 saturated carbocycles. The lowest BCUT2D eigenvalue weighted by atomic mass is 9.93. The van der Waals surface area contributed by atoms with Gasteiger partial charge in [0, 0.05) is 21.8 Å². The van der Waals surface area contributed by atoms with Crippen LogP contribution in [0.15, 0.2) is 108 Å². The summed E-state index contributed by atoms with van der Waals surface area (Å²) in [6.07, 6.45) is 7.35. The summed E-state index contributed by atoms with van der Waals surface area (Å²) < 4.78 is 40.9. The van der Waals surface area contributed by atoms with E-state index in [0.717, 1.165) is 5.56 Å². The third-order valence-electron chi connectivity index (χ3n) is 5.71. The Labute approximate surface area is 170 Å². The molecule has 0 radical (unpaired) electrons. The fourth-order valence-corrected chi connectivity index (χ4v) is 9.07. The van der Waals surface area contributed by atoms with Crippen molar-refractivity contribution in [2.45, 2.75) is 16.1 Å². The van der Waals surface area contributed by atoms with E-state index in [-0.39, 0.29) is 5.92 Å². The van der Waals surface area contributed by atoms with E-state index in [9.17, 15) is 13.0 Å². The van der Waals surface area contributed by atoms with Gasteiger partial charge in [0.2, 0.25) is 0 Å². The Morgan fingerprint density at radius 3 is 1.90 bits per heavy atom. The van der Waals surface area contributed by atoms with Gasteiger partial charge in [-0.25, -0.2) is 8.42 Å². The minimum Gasteiger partial charge on any atom is -0.309 e. The first kappa shape index (κ1) is 18.4. The third kappa shape index (κ3) is 2.71. The highest BCUT2D eigenvalue weighted by Crippen LogP contribution is 2.47. The van der Waals surface area contributed by atoms with Crippen LogP contribution >= 0.6 is 7.14 Å². The van der Waals surface area contributed by atoms with E-state index in [1.54, 1.807) is 18.2 Å². The molecule has 3 aromatic rings. The number of hydrogen-bond donors (Lipinski definition) is 0. The van der Waals surface area contributed by atoms with Crippen LogP contribution in [0, 0.1) is 0 Å². The maximum atomic E-state index is 14.5. The van der Waals surface area contributed by atoms with Gasteiger partial charge in [0.25, 0.3) is 0 Å². The smallest absolute Gasteiger partial charge is 0.186 e. The molecule has 0 aromatic heterocycles. The molecule has 29 heavy (non-hydrogen) atoms. The Bertz CT molecular complexity index is 1250. The molecule has 2 aliphatic rings. The minimum absolute atomic E-state index is 0.179. The summed E-state index contributed by atoms with van der Waals surface area (Å²) in [6, 6.07) is 23.9. The monoisotopic (exact) mass is 418 g/mol. The lowest BCUT2D eigenvalue weighted by molar-refractivity contribution is 0.592. The average molecular weight is 418 g/mol. The Hall–Kier alpha value is -2.68. The van der Waals surface area contributed by atoms with Crippen molar-refractivity contribution in [2.24, 2.45) is 0 Å². The molecule has 1 aliphatic carbocycles. The zero-order valence-corrected chi connectivity index (χ0v) is 17.3. The van der Waals surface area contributed by atoms with E-state index in [4.69, 9.17) is 0 Å². The first-order valence-corrected chi connectivity index (χ1v) is 12.7. The fraction of sp³-hybridized carbons (Fsp3) is 0.0833. The van der Waals surface area contributed by atoms with Crippen molar-refractivity contribution in [2.75, 3.05) is 0 Å². The number of hydrogen-bond acceptors (Lipinski definition) is 3. The van der Waals surface area contributed by atoms with Crippen LogP contribution in [0.25, 0.3) is 0 Å². The Morgan fingerprint density at radius 1 is 0.690 bits per heavy atom. The van der Waals surface area contributed by atoms with E-state index >= 15 is 0 Å². The summed E-state index contributed by atoms with van der Waals surface area (Å²) in [5, 5.41) is 1.35. The molecule has 0 fully saturated rings. The minimum atomic E-state index is -3.51. The molecule has 0 saturated heterocycles. The first-order chi connectivity index (χ1) is 14.0. The first-order valence-electron chi connectivity index (χ1n) is 9.47. The van der Waals surface area contributed by atoms with Crippen LogP contribution in [0.5, 0.6) is 0 Å². The Balaban J connectivity index is 1.76. The molecule has 1 aliphatic heterocycles. The van der Waals surface area contributed by atoms with Crippen LogP contribution in [-0.2, 0) is 14.4 Å². The van der Waals surface area contributed by atoms with E-state index in [2.05, 4.69) is 0 Å². The van der Waals surface area contributed by atoms with Gasteiger partial charge in [-0.15, -0.1) is 0 Å². The summed E-state index contributed by atoms with van der Waals surface area (Å²) in [6.45, 7) is 0. The van der Waals surface area contributed by atoms with E-state index < -0.39 is 22.2 Å². The highest BCUT2D eigenvalue weighted by molar-refractivity contribution is 7.92. The lowest BCUT2D eigenvalue weighted by Crippen LogP contribution is -2.25. The molecule has 0 amide bonds. The number of sulfone groups is 1. The SMILES string of the molecule is O=P(c1ccccc1)(c1ccccc1)c1ccc2c(c1)S(=O)(=O)C1C=CC=CC21. The van der Waals surface area contributed by atoms with Crippen molar-refractivity contribution in [1.82, 2.24) is 0 Å². The molecule has 5 rings (SSSR count). The molecular weight excluding hydrogens is 399 g/mol. The van der Waals surface area contributed by atoms with Gasteiger partial charge in [0.05, 0.1) is 10.1 Å². The summed E-state index contributed by atoms with van der Waals surface area (Å²) in [7, 11) is -6.72. The van der Waals surface area contributed by atoms with Crippen molar-refractivity contribution in [3.8, 4) is 0 Å². The third-order valence-corrected chi connectivity index (χ3v) is 10.9. The molecule has 0 N–H and O–H groups in total. The zero-order valence-electron chi connectivity index (χ0n) is 15.5. The maximum absolute atomic E-state index is 14.5. The van der Waals surface area contributed by atoms with Gasteiger partial charge in [-0.1, -0.05) is 97.1 Å². The molecule has 2 unspecified atom stereocenters. The highest BCUT2D eigenvalue weighted by atomic mass is 32.2.